The van der Waals surface area contributed by atoms with Crippen LogP contribution in [0.15, 0.2) is 23.6 Å². The zero-order valence-corrected chi connectivity index (χ0v) is 10.3. The molecule has 0 aliphatic heterocycles. The van der Waals surface area contributed by atoms with E-state index in [2.05, 4.69) is 41.0 Å². The Labute approximate surface area is 94.6 Å². The molecule has 5 heteroatoms. The fraction of sp³-hybridized carbons (Fsp3) is 0.500. The van der Waals surface area contributed by atoms with Crippen molar-refractivity contribution in [3.8, 4) is 0 Å². The molecule has 0 aliphatic rings. The summed E-state index contributed by atoms with van der Waals surface area (Å²) < 4.78 is 0. The molecule has 1 rings (SSSR count). The lowest BCUT2D eigenvalue weighted by Gasteiger charge is -2.15. The van der Waals surface area contributed by atoms with Crippen molar-refractivity contribution in [3.63, 3.8) is 0 Å². The molecular formula is C10H16N4S. The van der Waals surface area contributed by atoms with Gasteiger partial charge in [-0.15, -0.1) is 0 Å². The maximum absolute atomic E-state index is 4.52. The number of anilines is 1. The minimum absolute atomic E-state index is 0.0897. The summed E-state index contributed by atoms with van der Waals surface area (Å²) in [7, 11) is 0. The molecular weight excluding hydrogens is 208 g/mol. The van der Waals surface area contributed by atoms with Gasteiger partial charge in [-0.05, 0) is 27.0 Å². The summed E-state index contributed by atoms with van der Waals surface area (Å²) in [6.07, 6.45) is 6.95. The molecule has 15 heavy (non-hydrogen) atoms. The van der Waals surface area contributed by atoms with E-state index in [1.54, 1.807) is 30.4 Å². The van der Waals surface area contributed by atoms with Crippen LogP contribution in [0.5, 0.6) is 0 Å². The van der Waals surface area contributed by atoms with Crippen molar-refractivity contribution in [3.05, 3.63) is 18.6 Å². The molecule has 0 radical (unpaired) electrons. The van der Waals surface area contributed by atoms with Crippen molar-refractivity contribution >= 4 is 22.7 Å². The topological polar surface area (TPSA) is 50.2 Å². The Bertz CT molecular complexity index is 329. The lowest BCUT2D eigenvalue weighted by molar-refractivity contribution is 0.585. The summed E-state index contributed by atoms with van der Waals surface area (Å²) in [6, 6.07) is 0. The average molecular weight is 224 g/mol. The number of rotatable bonds is 1. The van der Waals surface area contributed by atoms with Crippen molar-refractivity contribution in [2.24, 2.45) is 4.99 Å². The number of aliphatic imine (C=N–C) groups is 1. The first-order valence-corrected chi connectivity index (χ1v) is 5.90. The van der Waals surface area contributed by atoms with Crippen LogP contribution in [-0.4, -0.2) is 26.9 Å². The Balaban J connectivity index is 2.75. The summed E-state index contributed by atoms with van der Waals surface area (Å²) in [5.41, 5.74) is -0.0897. The standard InChI is InChI=1S/C10H16N4S/c1-10(2,3)14-9(15-4)13-8-7-11-5-6-12-8/h5-7H,1-4H3,(H,12,13,14). The third kappa shape index (κ3) is 4.78. The highest BCUT2D eigenvalue weighted by Gasteiger charge is 2.09. The van der Waals surface area contributed by atoms with Crippen molar-refractivity contribution in [1.29, 1.82) is 0 Å². The Morgan fingerprint density at radius 1 is 1.40 bits per heavy atom. The quantitative estimate of drug-likeness (QED) is 0.588. The van der Waals surface area contributed by atoms with E-state index in [1.165, 1.54) is 0 Å². The van der Waals surface area contributed by atoms with E-state index in [-0.39, 0.29) is 5.54 Å². The normalized spacial score (nSPS) is 12.7. The van der Waals surface area contributed by atoms with E-state index in [4.69, 9.17) is 0 Å². The van der Waals surface area contributed by atoms with Gasteiger partial charge in [0.1, 0.15) is 5.82 Å². The van der Waals surface area contributed by atoms with Crippen molar-refractivity contribution < 1.29 is 0 Å². The molecule has 1 aromatic rings. The van der Waals surface area contributed by atoms with E-state index >= 15 is 0 Å². The smallest absolute Gasteiger partial charge is 0.162 e. The predicted octanol–water partition coefficient (Wildman–Crippen LogP) is 2.41. The Morgan fingerprint density at radius 3 is 2.60 bits per heavy atom. The Kier molecular flexibility index (Phi) is 4.08. The second-order valence-electron chi connectivity index (χ2n) is 4.01. The van der Waals surface area contributed by atoms with E-state index in [0.717, 1.165) is 11.0 Å². The monoisotopic (exact) mass is 224 g/mol. The SMILES string of the molecule is CSC(=NC(C)(C)C)Nc1cnccn1. The van der Waals surface area contributed by atoms with Gasteiger partial charge < -0.3 is 5.32 Å². The minimum atomic E-state index is -0.0897. The molecule has 0 bridgehead atoms. The second kappa shape index (κ2) is 5.11. The first-order valence-electron chi connectivity index (χ1n) is 4.68. The molecule has 0 aliphatic carbocycles. The van der Waals surface area contributed by atoms with Gasteiger partial charge in [0, 0.05) is 12.4 Å². The lowest BCUT2D eigenvalue weighted by atomic mass is 10.1. The third-order valence-corrected chi connectivity index (χ3v) is 2.01. The molecule has 0 saturated heterocycles. The first-order chi connectivity index (χ1) is 7.01. The van der Waals surface area contributed by atoms with Gasteiger partial charge in [0.2, 0.25) is 0 Å². The molecule has 1 heterocycles. The number of nitrogens with one attached hydrogen (secondary N) is 1. The highest BCUT2D eigenvalue weighted by Crippen LogP contribution is 2.12. The molecule has 1 N–H and O–H groups in total. The molecule has 0 fully saturated rings. The van der Waals surface area contributed by atoms with Crippen LogP contribution >= 0.6 is 11.8 Å². The van der Waals surface area contributed by atoms with E-state index in [1.807, 2.05) is 6.26 Å². The third-order valence-electron chi connectivity index (χ3n) is 1.43. The van der Waals surface area contributed by atoms with Crippen molar-refractivity contribution in [1.82, 2.24) is 9.97 Å². The fourth-order valence-corrected chi connectivity index (χ4v) is 1.47. The Hall–Kier alpha value is -1.10. The van der Waals surface area contributed by atoms with Crippen LogP contribution in [-0.2, 0) is 0 Å². The van der Waals surface area contributed by atoms with Gasteiger partial charge in [0.25, 0.3) is 0 Å². The number of hydrogen-bond donors (Lipinski definition) is 1. The first kappa shape index (κ1) is 12.0. The predicted molar refractivity (Wildman–Crippen MR) is 66.4 cm³/mol. The number of nitrogens with zero attached hydrogens (tertiary/aromatic N) is 3. The summed E-state index contributed by atoms with van der Waals surface area (Å²) in [5, 5.41) is 3.97. The maximum atomic E-state index is 4.52. The molecule has 0 unspecified atom stereocenters. The highest BCUT2D eigenvalue weighted by atomic mass is 32.2. The van der Waals surface area contributed by atoms with Crippen LogP contribution in [0.4, 0.5) is 5.82 Å². The highest BCUT2D eigenvalue weighted by molar-refractivity contribution is 8.13. The summed E-state index contributed by atoms with van der Waals surface area (Å²) >= 11 is 1.56. The maximum Gasteiger partial charge on any atom is 0.162 e. The van der Waals surface area contributed by atoms with Crippen LogP contribution in [0, 0.1) is 0 Å². The Morgan fingerprint density at radius 2 is 2.13 bits per heavy atom. The van der Waals surface area contributed by atoms with E-state index < -0.39 is 0 Å². The molecule has 0 aromatic carbocycles. The van der Waals surface area contributed by atoms with Crippen LogP contribution in [0.1, 0.15) is 20.8 Å². The zero-order valence-electron chi connectivity index (χ0n) is 9.48. The average Bonchev–Trinajstić information content (AvgIpc) is 2.16. The van der Waals surface area contributed by atoms with E-state index in [9.17, 15) is 0 Å². The summed E-state index contributed by atoms with van der Waals surface area (Å²) in [6.45, 7) is 6.17. The second-order valence-corrected chi connectivity index (χ2v) is 4.80. The minimum Gasteiger partial charge on any atom is -0.318 e. The van der Waals surface area contributed by atoms with Crippen LogP contribution in [0.25, 0.3) is 0 Å². The van der Waals surface area contributed by atoms with Crippen molar-refractivity contribution in [2.45, 2.75) is 26.3 Å². The molecule has 82 valence electrons. The molecule has 1 aromatic heterocycles. The van der Waals surface area contributed by atoms with E-state index in [0.29, 0.717) is 0 Å². The number of hydrogen-bond acceptors (Lipinski definition) is 4. The van der Waals surface area contributed by atoms with Gasteiger partial charge in [0.05, 0.1) is 11.7 Å². The summed E-state index contributed by atoms with van der Waals surface area (Å²) in [5.74, 6) is 0.717. The van der Waals surface area contributed by atoms with Crippen LogP contribution in [0.3, 0.4) is 0 Å². The largest absolute Gasteiger partial charge is 0.318 e. The fourth-order valence-electron chi connectivity index (χ4n) is 0.902. The van der Waals surface area contributed by atoms with Crippen LogP contribution in [0.2, 0.25) is 0 Å². The number of amidine groups is 1. The van der Waals surface area contributed by atoms with Gasteiger partial charge >= 0.3 is 0 Å². The molecule has 0 spiro atoms. The lowest BCUT2D eigenvalue weighted by Crippen LogP contribution is -2.18. The summed E-state index contributed by atoms with van der Waals surface area (Å²) in [4.78, 5) is 12.6. The van der Waals surface area contributed by atoms with Gasteiger partial charge in [-0.2, -0.15) is 0 Å². The van der Waals surface area contributed by atoms with Crippen molar-refractivity contribution in [2.75, 3.05) is 11.6 Å². The molecule has 0 atom stereocenters. The molecule has 0 amide bonds. The van der Waals surface area contributed by atoms with Gasteiger partial charge in [-0.1, -0.05) is 11.8 Å². The zero-order chi connectivity index (χ0) is 11.3. The number of thioether (sulfide) groups is 1. The number of aromatic nitrogens is 2. The van der Waals surface area contributed by atoms with Gasteiger partial charge in [-0.3, -0.25) is 9.98 Å². The van der Waals surface area contributed by atoms with Gasteiger partial charge in [-0.25, -0.2) is 4.98 Å². The molecule has 4 nitrogen and oxygen atoms in total. The van der Waals surface area contributed by atoms with Crippen LogP contribution < -0.4 is 5.32 Å². The van der Waals surface area contributed by atoms with Gasteiger partial charge in [0.15, 0.2) is 5.17 Å². The molecule has 0 saturated carbocycles.